The predicted octanol–water partition coefficient (Wildman–Crippen LogP) is 1.20. The summed E-state index contributed by atoms with van der Waals surface area (Å²) in [6, 6.07) is 0.108. The molecule has 1 rings (SSSR count). The van der Waals surface area contributed by atoms with Gasteiger partial charge in [0.15, 0.2) is 5.82 Å². The van der Waals surface area contributed by atoms with E-state index in [0.717, 1.165) is 0 Å². The van der Waals surface area contributed by atoms with E-state index in [9.17, 15) is 0 Å². The van der Waals surface area contributed by atoms with E-state index in [1.807, 2.05) is 11.8 Å². The summed E-state index contributed by atoms with van der Waals surface area (Å²) in [5.74, 6) is 0.875. The molecule has 0 amide bonds. The van der Waals surface area contributed by atoms with Gasteiger partial charge in [0.25, 0.3) is 0 Å². The summed E-state index contributed by atoms with van der Waals surface area (Å²) in [6.07, 6.45) is 1.40. The molecule has 0 aliphatic carbocycles. The van der Waals surface area contributed by atoms with Crippen LogP contribution in [0, 0.1) is 0 Å². The standard InChI is InChI=1S/C11H19ClN4O2/c1-8(6-18-3)16(4-5-17-2)11-9(12)10(13)14-7-15-11/h7-8H,4-6H2,1-3H3,(H2,13,14,15). The maximum atomic E-state index is 6.14. The topological polar surface area (TPSA) is 73.5 Å². The normalized spacial score (nSPS) is 12.4. The first kappa shape index (κ1) is 14.9. The van der Waals surface area contributed by atoms with Crippen LogP contribution in [0.15, 0.2) is 6.33 Å². The van der Waals surface area contributed by atoms with Crippen molar-refractivity contribution in [2.45, 2.75) is 13.0 Å². The fourth-order valence-electron chi connectivity index (χ4n) is 1.63. The molecular weight excluding hydrogens is 256 g/mol. The molecule has 0 saturated heterocycles. The van der Waals surface area contributed by atoms with Gasteiger partial charge in [0.1, 0.15) is 17.2 Å². The molecule has 18 heavy (non-hydrogen) atoms. The molecule has 0 saturated carbocycles. The Morgan fingerprint density at radius 1 is 1.39 bits per heavy atom. The van der Waals surface area contributed by atoms with E-state index in [-0.39, 0.29) is 11.9 Å². The second-order valence-electron chi connectivity index (χ2n) is 3.89. The predicted molar refractivity (Wildman–Crippen MR) is 72.0 cm³/mol. The highest BCUT2D eigenvalue weighted by molar-refractivity contribution is 6.35. The Hall–Kier alpha value is -1.11. The number of anilines is 2. The van der Waals surface area contributed by atoms with Gasteiger partial charge in [-0.25, -0.2) is 9.97 Å². The molecule has 102 valence electrons. The van der Waals surface area contributed by atoms with Gasteiger partial charge in [-0.1, -0.05) is 11.6 Å². The van der Waals surface area contributed by atoms with Crippen LogP contribution in [0.2, 0.25) is 5.02 Å². The minimum absolute atomic E-state index is 0.108. The summed E-state index contributed by atoms with van der Waals surface area (Å²) in [5, 5.41) is 0.358. The van der Waals surface area contributed by atoms with Gasteiger partial charge in [-0.05, 0) is 6.92 Å². The van der Waals surface area contributed by atoms with Gasteiger partial charge < -0.3 is 20.1 Å². The zero-order valence-corrected chi connectivity index (χ0v) is 11.6. The summed E-state index contributed by atoms with van der Waals surface area (Å²) in [6.45, 7) is 3.79. The minimum atomic E-state index is 0.108. The lowest BCUT2D eigenvalue weighted by molar-refractivity contribution is 0.170. The molecule has 1 heterocycles. The molecule has 0 spiro atoms. The Kier molecular flexibility index (Phi) is 6.11. The quantitative estimate of drug-likeness (QED) is 0.805. The molecule has 7 heteroatoms. The van der Waals surface area contributed by atoms with Gasteiger partial charge in [0, 0.05) is 20.8 Å². The van der Waals surface area contributed by atoms with E-state index in [1.165, 1.54) is 6.33 Å². The Morgan fingerprint density at radius 2 is 2.11 bits per heavy atom. The zero-order chi connectivity index (χ0) is 13.5. The lowest BCUT2D eigenvalue weighted by Crippen LogP contribution is -2.39. The molecule has 0 aliphatic heterocycles. The average molecular weight is 275 g/mol. The van der Waals surface area contributed by atoms with Crippen molar-refractivity contribution >= 4 is 23.2 Å². The van der Waals surface area contributed by atoms with Crippen LogP contribution in [-0.2, 0) is 9.47 Å². The number of methoxy groups -OCH3 is 2. The van der Waals surface area contributed by atoms with E-state index in [4.69, 9.17) is 26.8 Å². The number of nitrogens with zero attached hydrogens (tertiary/aromatic N) is 3. The van der Waals surface area contributed by atoms with Crippen LogP contribution >= 0.6 is 11.6 Å². The first-order chi connectivity index (χ1) is 8.61. The molecule has 0 aromatic carbocycles. The molecule has 0 aliphatic rings. The summed E-state index contributed by atoms with van der Waals surface area (Å²) in [4.78, 5) is 10.0. The van der Waals surface area contributed by atoms with Gasteiger partial charge in [-0.2, -0.15) is 0 Å². The van der Waals surface area contributed by atoms with Gasteiger partial charge in [0.2, 0.25) is 0 Å². The van der Waals surface area contributed by atoms with Crippen molar-refractivity contribution in [2.75, 3.05) is 44.6 Å². The van der Waals surface area contributed by atoms with Crippen LogP contribution in [0.1, 0.15) is 6.92 Å². The Labute approximate surface area is 112 Å². The molecule has 0 bridgehead atoms. The van der Waals surface area contributed by atoms with Gasteiger partial charge >= 0.3 is 0 Å². The molecule has 1 atom stereocenters. The minimum Gasteiger partial charge on any atom is -0.383 e. The SMILES string of the molecule is COCCN(c1ncnc(N)c1Cl)C(C)COC. The van der Waals surface area contributed by atoms with Crippen molar-refractivity contribution in [1.29, 1.82) is 0 Å². The van der Waals surface area contributed by atoms with Gasteiger partial charge in [-0.15, -0.1) is 0 Å². The van der Waals surface area contributed by atoms with Crippen LogP contribution < -0.4 is 10.6 Å². The van der Waals surface area contributed by atoms with Crippen LogP contribution in [0.5, 0.6) is 0 Å². The monoisotopic (exact) mass is 274 g/mol. The summed E-state index contributed by atoms with van der Waals surface area (Å²) in [7, 11) is 3.30. The molecule has 0 fully saturated rings. The van der Waals surface area contributed by atoms with Crippen molar-refractivity contribution < 1.29 is 9.47 Å². The number of hydrogen-bond acceptors (Lipinski definition) is 6. The number of halogens is 1. The summed E-state index contributed by atoms with van der Waals surface area (Å²) >= 11 is 6.14. The zero-order valence-electron chi connectivity index (χ0n) is 10.9. The Balaban J connectivity index is 2.97. The summed E-state index contributed by atoms with van der Waals surface area (Å²) in [5.41, 5.74) is 5.69. The maximum absolute atomic E-state index is 6.14. The lowest BCUT2D eigenvalue weighted by Gasteiger charge is -2.30. The van der Waals surface area contributed by atoms with Gasteiger partial charge in [-0.3, -0.25) is 0 Å². The summed E-state index contributed by atoms with van der Waals surface area (Å²) < 4.78 is 10.2. The highest BCUT2D eigenvalue weighted by Gasteiger charge is 2.19. The number of rotatable bonds is 7. The van der Waals surface area contributed by atoms with E-state index < -0.39 is 0 Å². The van der Waals surface area contributed by atoms with Crippen LogP contribution in [-0.4, -0.2) is 50.0 Å². The van der Waals surface area contributed by atoms with Gasteiger partial charge in [0.05, 0.1) is 19.3 Å². The van der Waals surface area contributed by atoms with E-state index in [2.05, 4.69) is 9.97 Å². The number of hydrogen-bond donors (Lipinski definition) is 1. The smallest absolute Gasteiger partial charge is 0.153 e. The number of nitrogen functional groups attached to an aromatic ring is 1. The van der Waals surface area contributed by atoms with Crippen molar-refractivity contribution in [1.82, 2.24) is 9.97 Å². The van der Waals surface area contributed by atoms with E-state index >= 15 is 0 Å². The largest absolute Gasteiger partial charge is 0.383 e. The maximum Gasteiger partial charge on any atom is 0.153 e. The highest BCUT2D eigenvalue weighted by atomic mass is 35.5. The average Bonchev–Trinajstić information content (AvgIpc) is 2.35. The second-order valence-corrected chi connectivity index (χ2v) is 4.27. The van der Waals surface area contributed by atoms with E-state index in [0.29, 0.717) is 30.6 Å². The highest BCUT2D eigenvalue weighted by Crippen LogP contribution is 2.28. The molecule has 1 aromatic heterocycles. The Morgan fingerprint density at radius 3 is 2.72 bits per heavy atom. The number of nitrogens with two attached hydrogens (primary N) is 1. The molecule has 0 radical (unpaired) electrons. The first-order valence-corrected chi connectivity index (χ1v) is 6.00. The molecule has 6 nitrogen and oxygen atoms in total. The molecular formula is C11H19ClN4O2. The van der Waals surface area contributed by atoms with Crippen LogP contribution in [0.4, 0.5) is 11.6 Å². The second kappa shape index (κ2) is 7.35. The Bertz CT molecular complexity index is 378. The third kappa shape index (κ3) is 3.69. The third-order valence-electron chi connectivity index (χ3n) is 2.55. The van der Waals surface area contributed by atoms with Crippen molar-refractivity contribution in [3.63, 3.8) is 0 Å². The lowest BCUT2D eigenvalue weighted by atomic mass is 10.3. The fraction of sp³-hybridized carbons (Fsp3) is 0.636. The number of ether oxygens (including phenoxy) is 2. The van der Waals surface area contributed by atoms with Crippen molar-refractivity contribution in [2.24, 2.45) is 0 Å². The molecule has 2 N–H and O–H groups in total. The van der Waals surface area contributed by atoms with E-state index in [1.54, 1.807) is 14.2 Å². The number of aromatic nitrogens is 2. The van der Waals surface area contributed by atoms with Crippen molar-refractivity contribution in [3.8, 4) is 0 Å². The molecule has 1 unspecified atom stereocenters. The fourth-order valence-corrected chi connectivity index (χ4v) is 1.84. The van der Waals surface area contributed by atoms with Crippen molar-refractivity contribution in [3.05, 3.63) is 11.3 Å². The van der Waals surface area contributed by atoms with Crippen LogP contribution in [0.25, 0.3) is 0 Å². The van der Waals surface area contributed by atoms with Crippen LogP contribution in [0.3, 0.4) is 0 Å². The first-order valence-electron chi connectivity index (χ1n) is 5.62. The third-order valence-corrected chi connectivity index (χ3v) is 2.91. The molecule has 1 aromatic rings.